The van der Waals surface area contributed by atoms with Crippen molar-refractivity contribution in [3.8, 4) is 5.75 Å². The van der Waals surface area contributed by atoms with E-state index in [0.717, 1.165) is 4.31 Å². The quantitative estimate of drug-likeness (QED) is 0.200. The molecular formula is C23H24F4N2O5S2. The fraction of sp³-hybridized carbons (Fsp3) is 0.348. The predicted octanol–water partition coefficient (Wildman–Crippen LogP) is 5.56. The lowest BCUT2D eigenvalue weighted by atomic mass is 10.1. The second kappa shape index (κ2) is 11.1. The van der Waals surface area contributed by atoms with E-state index in [1.54, 1.807) is 41.5 Å². The number of thioether (sulfide) groups is 1. The molecule has 13 heteroatoms. The first kappa shape index (κ1) is 27.8. The number of rotatable bonds is 8. The monoisotopic (exact) mass is 548 g/mol. The van der Waals surface area contributed by atoms with Crippen molar-refractivity contribution in [1.82, 2.24) is 4.31 Å². The van der Waals surface area contributed by atoms with Gasteiger partial charge in [-0.3, -0.25) is 0 Å². The molecule has 36 heavy (non-hydrogen) atoms. The summed E-state index contributed by atoms with van der Waals surface area (Å²) < 4.78 is 85.3. The van der Waals surface area contributed by atoms with Crippen LogP contribution in [0.3, 0.4) is 0 Å². The summed E-state index contributed by atoms with van der Waals surface area (Å²) in [6.07, 6.45) is -3.63. The highest BCUT2D eigenvalue weighted by Crippen LogP contribution is 2.43. The number of hydrogen-bond donors (Lipinski definition) is 1. The molecule has 0 radical (unpaired) electrons. The van der Waals surface area contributed by atoms with Gasteiger partial charge >= 0.3 is 12.1 Å². The van der Waals surface area contributed by atoms with Crippen LogP contribution in [0.2, 0.25) is 0 Å². The Kier molecular flexibility index (Phi) is 8.57. The molecule has 3 rings (SSSR count). The van der Waals surface area contributed by atoms with Crippen LogP contribution in [0.15, 0.2) is 64.3 Å². The average Bonchev–Trinajstić information content (AvgIpc) is 2.90. The predicted molar refractivity (Wildman–Crippen MR) is 128 cm³/mol. The molecule has 1 unspecified atom stereocenters. The minimum atomic E-state index is -4.36. The summed E-state index contributed by atoms with van der Waals surface area (Å²) >= 11 is 1.17. The molecule has 1 aliphatic heterocycles. The summed E-state index contributed by atoms with van der Waals surface area (Å²) in [7, 11) is -2.92. The molecule has 7 nitrogen and oxygen atoms in total. The minimum absolute atomic E-state index is 0.0299. The topological polar surface area (TPSA) is 87.1 Å². The molecule has 0 spiro atoms. The summed E-state index contributed by atoms with van der Waals surface area (Å²) in [6, 6.07) is 10.7. The zero-order chi connectivity index (χ0) is 26.7. The maximum absolute atomic E-state index is 13.6. The number of nitrogens with zero attached hydrogens (tertiary/aromatic N) is 2. The van der Waals surface area contributed by atoms with Crippen molar-refractivity contribution >= 4 is 39.1 Å². The number of ether oxygens (including phenoxy) is 1. The second-order valence-corrected chi connectivity index (χ2v) is 10.8. The molecule has 0 saturated heterocycles. The number of halogens is 4. The number of hydrogen-bond acceptors (Lipinski definition) is 6. The Morgan fingerprint density at radius 2 is 1.92 bits per heavy atom. The molecule has 1 aliphatic rings. The van der Waals surface area contributed by atoms with Gasteiger partial charge in [0.15, 0.2) is 0 Å². The minimum Gasteiger partial charge on any atom is -0.476 e. The van der Waals surface area contributed by atoms with Crippen LogP contribution in [0, 0.1) is 0 Å². The highest BCUT2D eigenvalue weighted by atomic mass is 32.2. The van der Waals surface area contributed by atoms with Crippen molar-refractivity contribution in [2.45, 2.75) is 41.3 Å². The Morgan fingerprint density at radius 3 is 2.50 bits per heavy atom. The fourth-order valence-corrected chi connectivity index (χ4v) is 5.91. The number of carboxylic acid groups (broad SMARTS) is 1. The maximum atomic E-state index is 13.6. The first-order chi connectivity index (χ1) is 16.8. The highest BCUT2D eigenvalue weighted by molar-refractivity contribution is 7.98. The van der Waals surface area contributed by atoms with Gasteiger partial charge in [0.05, 0.1) is 10.6 Å². The van der Waals surface area contributed by atoms with E-state index in [1.165, 1.54) is 30.9 Å². The van der Waals surface area contributed by atoms with Gasteiger partial charge in [-0.2, -0.15) is 21.9 Å². The number of fused-ring (bicyclic) bond motifs is 1. The van der Waals surface area contributed by atoms with Gasteiger partial charge in [0.25, 0.3) is 0 Å². The zero-order valence-corrected chi connectivity index (χ0v) is 21.0. The number of alkyl halides is 3. The van der Waals surface area contributed by atoms with Crippen molar-refractivity contribution in [1.29, 1.82) is 0 Å². The van der Waals surface area contributed by atoms with E-state index >= 15 is 0 Å². The van der Waals surface area contributed by atoms with E-state index in [1.807, 2.05) is 0 Å². The van der Waals surface area contributed by atoms with Crippen LogP contribution >= 0.6 is 11.8 Å². The van der Waals surface area contributed by atoms with E-state index in [-0.39, 0.29) is 35.7 Å². The van der Waals surface area contributed by atoms with E-state index < -0.39 is 40.5 Å². The van der Waals surface area contributed by atoms with Gasteiger partial charge in [-0.05, 0) is 37.3 Å². The van der Waals surface area contributed by atoms with Gasteiger partial charge in [0, 0.05) is 37.8 Å². The number of carbonyl (C=O) groups is 1. The molecule has 1 atom stereocenters. The van der Waals surface area contributed by atoms with Crippen LogP contribution in [-0.2, 0) is 14.8 Å². The lowest BCUT2D eigenvalue weighted by Gasteiger charge is -2.30. The van der Waals surface area contributed by atoms with Crippen molar-refractivity contribution in [2.75, 3.05) is 24.7 Å². The lowest BCUT2D eigenvalue weighted by molar-refractivity contribution is -0.136. The van der Waals surface area contributed by atoms with E-state index in [0.29, 0.717) is 16.8 Å². The van der Waals surface area contributed by atoms with Crippen LogP contribution < -0.4 is 9.64 Å². The van der Waals surface area contributed by atoms with Crippen LogP contribution in [0.1, 0.15) is 19.3 Å². The normalized spacial score (nSPS) is 18.4. The SMILES string of the molecule is CSc1cc2c(cc1O/C=C(\F)C(=O)O)S(=O)(=O)N(C)C(CCCC(F)(F)F)CN2c1ccccc1. The number of para-hydroxylation sites is 1. The van der Waals surface area contributed by atoms with Gasteiger partial charge in [-0.15, -0.1) is 11.8 Å². The summed E-state index contributed by atoms with van der Waals surface area (Å²) in [5, 5.41) is 8.74. The third-order valence-corrected chi connectivity index (χ3v) is 8.36. The smallest absolute Gasteiger partial charge is 0.389 e. The zero-order valence-electron chi connectivity index (χ0n) is 19.3. The molecule has 196 valence electrons. The van der Waals surface area contributed by atoms with Crippen LogP contribution in [0.4, 0.5) is 28.9 Å². The number of aliphatic carboxylic acids is 1. The van der Waals surface area contributed by atoms with E-state index in [2.05, 4.69) is 0 Å². The number of sulfonamides is 1. The molecular weight excluding hydrogens is 524 g/mol. The second-order valence-electron chi connectivity index (χ2n) is 7.99. The van der Waals surface area contributed by atoms with Gasteiger partial charge in [0.1, 0.15) is 16.9 Å². The average molecular weight is 549 g/mol. The Balaban J connectivity index is 2.14. The summed E-state index contributed by atoms with van der Waals surface area (Å²) in [4.78, 5) is 12.7. The molecule has 0 aliphatic carbocycles. The first-order valence-electron chi connectivity index (χ1n) is 10.7. The Bertz CT molecular complexity index is 1240. The van der Waals surface area contributed by atoms with Gasteiger partial charge in [-0.1, -0.05) is 18.2 Å². The number of carboxylic acids is 1. The van der Waals surface area contributed by atoms with Crippen molar-refractivity contribution in [2.24, 2.45) is 0 Å². The Hall–Kier alpha value is -2.77. The van der Waals surface area contributed by atoms with Crippen molar-refractivity contribution in [3.63, 3.8) is 0 Å². The molecule has 0 bridgehead atoms. The number of benzene rings is 2. The van der Waals surface area contributed by atoms with Crippen LogP contribution in [0.5, 0.6) is 5.75 Å². The number of anilines is 2. The summed E-state index contributed by atoms with van der Waals surface area (Å²) in [6.45, 7) is 0.0895. The highest BCUT2D eigenvalue weighted by Gasteiger charge is 2.38. The molecule has 1 heterocycles. The van der Waals surface area contributed by atoms with Crippen molar-refractivity contribution in [3.05, 3.63) is 54.6 Å². The molecule has 2 aromatic carbocycles. The summed E-state index contributed by atoms with van der Waals surface area (Å²) in [5.74, 6) is -3.51. The molecule has 2 aromatic rings. The summed E-state index contributed by atoms with van der Waals surface area (Å²) in [5.41, 5.74) is 0.897. The fourth-order valence-electron chi connectivity index (χ4n) is 3.80. The Labute approximate surface area is 210 Å². The van der Waals surface area contributed by atoms with E-state index in [4.69, 9.17) is 9.84 Å². The van der Waals surface area contributed by atoms with Gasteiger partial charge in [0.2, 0.25) is 15.9 Å². The Morgan fingerprint density at radius 1 is 1.25 bits per heavy atom. The van der Waals surface area contributed by atoms with E-state index in [9.17, 15) is 30.8 Å². The number of likely N-dealkylation sites (N-methyl/N-ethyl adjacent to an activating group) is 1. The first-order valence-corrected chi connectivity index (χ1v) is 13.4. The lowest BCUT2D eigenvalue weighted by Crippen LogP contribution is -2.41. The third kappa shape index (κ3) is 6.31. The van der Waals surface area contributed by atoms with Gasteiger partial charge in [-0.25, -0.2) is 13.2 Å². The largest absolute Gasteiger partial charge is 0.476 e. The van der Waals surface area contributed by atoms with Crippen LogP contribution in [0.25, 0.3) is 0 Å². The maximum Gasteiger partial charge on any atom is 0.389 e. The third-order valence-electron chi connectivity index (χ3n) is 5.66. The molecule has 0 saturated carbocycles. The van der Waals surface area contributed by atoms with Crippen LogP contribution in [-0.4, -0.2) is 55.9 Å². The molecule has 0 amide bonds. The standard InChI is InChI=1S/C23H24F4N2O5S2/c1-28-16(9-6-10-23(25,26)27)13-29(15-7-4-3-5-8-15)18-11-20(35-2)19(12-21(18)36(28,32)33)34-14-17(24)22(30)31/h3-5,7-8,11-12,14,16H,6,9-10,13H2,1-2H3,(H,30,31)/b17-14-. The molecule has 0 fully saturated rings. The molecule has 0 aromatic heterocycles. The molecule has 1 N–H and O–H groups in total. The van der Waals surface area contributed by atoms with Gasteiger partial charge < -0.3 is 14.7 Å². The van der Waals surface area contributed by atoms with Crippen molar-refractivity contribution < 1.29 is 40.6 Å².